The molecule has 6 unspecified atom stereocenters. The second kappa shape index (κ2) is 7.98. The maximum atomic E-state index is 12.8. The summed E-state index contributed by atoms with van der Waals surface area (Å²) < 4.78 is 0. The number of hydrogen-bond donors (Lipinski definition) is 3. The van der Waals surface area contributed by atoms with Crippen molar-refractivity contribution in [1.29, 1.82) is 0 Å². The van der Waals surface area contributed by atoms with E-state index in [1.165, 1.54) is 25.0 Å². The number of benzene rings is 1. The van der Waals surface area contributed by atoms with Crippen LogP contribution in [0.4, 0.5) is 0 Å². The van der Waals surface area contributed by atoms with E-state index in [4.69, 9.17) is 5.73 Å². The van der Waals surface area contributed by atoms with Crippen molar-refractivity contribution in [3.05, 3.63) is 59.2 Å². The molecule has 6 heteroatoms. The molecule has 0 aliphatic heterocycles. The average Bonchev–Trinajstić information content (AvgIpc) is 3.57. The number of carbonyl (C=O) groups excluding carboxylic acids is 3. The Morgan fingerprint density at radius 3 is 1.52 bits per heavy atom. The maximum Gasteiger partial charge on any atom is 0.251 e. The normalized spacial score (nSPS) is 31.9. The third kappa shape index (κ3) is 4.03. The highest BCUT2D eigenvalue weighted by molar-refractivity contribution is 6.04. The third-order valence-corrected chi connectivity index (χ3v) is 7.62. The number of hydrogen-bond acceptors (Lipinski definition) is 3. The monoisotopic (exact) mass is 419 g/mol. The van der Waals surface area contributed by atoms with Crippen LogP contribution in [0.25, 0.3) is 0 Å². The van der Waals surface area contributed by atoms with Crippen molar-refractivity contribution in [1.82, 2.24) is 10.6 Å². The summed E-state index contributed by atoms with van der Waals surface area (Å²) in [6.45, 7) is 1.20. The summed E-state index contributed by atoms with van der Waals surface area (Å²) in [5.74, 6) is 2.09. The van der Waals surface area contributed by atoms with Crippen LogP contribution in [0.5, 0.6) is 0 Å². The van der Waals surface area contributed by atoms with Crippen molar-refractivity contribution in [2.45, 2.75) is 25.7 Å². The number of nitrogens with one attached hydrogen (secondary N) is 2. The highest BCUT2D eigenvalue weighted by atomic mass is 16.2. The molecule has 5 rings (SSSR count). The minimum absolute atomic E-state index is 0.170. The fraction of sp³-hybridized carbons (Fsp3) is 0.480. The first-order valence-electron chi connectivity index (χ1n) is 11.3. The van der Waals surface area contributed by atoms with Crippen molar-refractivity contribution >= 4 is 17.7 Å². The molecule has 1 aromatic carbocycles. The molecule has 0 heterocycles. The summed E-state index contributed by atoms with van der Waals surface area (Å²) in [6.07, 6.45) is 13.6. The Morgan fingerprint density at radius 1 is 0.710 bits per heavy atom. The van der Waals surface area contributed by atoms with E-state index in [1.807, 2.05) is 0 Å². The number of fused-ring (bicyclic) bond motifs is 4. The smallest absolute Gasteiger partial charge is 0.251 e. The SMILES string of the molecule is NC(=O)c1cc(C(=O)NCC2CC3C=CC2C3)cc(C(=O)NCC2CC3C=CC2C3)c1. The van der Waals surface area contributed by atoms with E-state index in [1.54, 1.807) is 6.07 Å². The zero-order chi connectivity index (χ0) is 21.5. The molecule has 0 aromatic heterocycles. The molecule has 6 nitrogen and oxygen atoms in total. The van der Waals surface area contributed by atoms with Crippen molar-refractivity contribution in [3.8, 4) is 0 Å². The van der Waals surface area contributed by atoms with E-state index in [-0.39, 0.29) is 17.4 Å². The van der Waals surface area contributed by atoms with Crippen LogP contribution in [-0.4, -0.2) is 30.8 Å². The number of allylic oxidation sites excluding steroid dienone is 4. The van der Waals surface area contributed by atoms with Crippen LogP contribution in [-0.2, 0) is 0 Å². The van der Waals surface area contributed by atoms with Gasteiger partial charge in [0.1, 0.15) is 0 Å². The average molecular weight is 420 g/mol. The quantitative estimate of drug-likeness (QED) is 0.592. The van der Waals surface area contributed by atoms with Crippen LogP contribution in [0.2, 0.25) is 0 Å². The van der Waals surface area contributed by atoms with Gasteiger partial charge in [0.15, 0.2) is 0 Å². The van der Waals surface area contributed by atoms with Gasteiger partial charge in [-0.05, 0) is 79.4 Å². The topological polar surface area (TPSA) is 101 Å². The van der Waals surface area contributed by atoms with Crippen molar-refractivity contribution < 1.29 is 14.4 Å². The van der Waals surface area contributed by atoms with Crippen LogP contribution in [0, 0.1) is 35.5 Å². The number of carbonyl (C=O) groups is 3. The van der Waals surface area contributed by atoms with E-state index in [0.717, 1.165) is 12.8 Å². The minimum atomic E-state index is -0.653. The standard InChI is InChI=1S/C25H29N3O3/c26-23(29)18-9-19(24(30)27-12-21-7-14-1-3-16(21)5-14)11-20(10-18)25(31)28-13-22-8-15-2-4-17(22)6-15/h1-4,9-11,14-17,21-22H,5-8,12-13H2,(H2,26,29)(H,27,30)(H,28,31). The van der Waals surface area contributed by atoms with Crippen LogP contribution >= 0.6 is 0 Å². The Bertz CT molecular complexity index is 914. The number of primary amides is 1. The molecule has 4 bridgehead atoms. The van der Waals surface area contributed by atoms with Gasteiger partial charge in [-0.2, -0.15) is 0 Å². The first-order chi connectivity index (χ1) is 15.0. The molecule has 4 aliphatic rings. The van der Waals surface area contributed by atoms with E-state index in [0.29, 0.717) is 59.7 Å². The lowest BCUT2D eigenvalue weighted by Crippen LogP contribution is -2.33. The second-order valence-corrected chi connectivity index (χ2v) is 9.66. The summed E-state index contributed by atoms with van der Waals surface area (Å²) in [5, 5.41) is 5.98. The molecule has 0 saturated heterocycles. The Labute approximate surface area is 182 Å². The summed E-state index contributed by atoms with van der Waals surface area (Å²) in [5.41, 5.74) is 6.22. The van der Waals surface area contributed by atoms with Gasteiger partial charge in [-0.25, -0.2) is 0 Å². The molecule has 162 valence electrons. The van der Waals surface area contributed by atoms with E-state index in [2.05, 4.69) is 34.9 Å². The predicted octanol–water partition coefficient (Wildman–Crippen LogP) is 2.67. The Morgan fingerprint density at radius 2 is 1.16 bits per heavy atom. The summed E-state index contributed by atoms with van der Waals surface area (Å²) >= 11 is 0. The van der Waals surface area contributed by atoms with Gasteiger partial charge in [0.05, 0.1) is 0 Å². The molecule has 2 saturated carbocycles. The van der Waals surface area contributed by atoms with Crippen molar-refractivity contribution in [2.75, 3.05) is 13.1 Å². The fourth-order valence-electron chi connectivity index (χ4n) is 5.94. The number of amides is 3. The molecule has 0 spiro atoms. The Hall–Kier alpha value is -2.89. The zero-order valence-electron chi connectivity index (χ0n) is 17.6. The summed E-state index contributed by atoms with van der Waals surface area (Å²) in [7, 11) is 0. The van der Waals surface area contributed by atoms with Gasteiger partial charge >= 0.3 is 0 Å². The Kier molecular flexibility index (Phi) is 5.16. The number of rotatable bonds is 7. The molecule has 2 fully saturated rings. The van der Waals surface area contributed by atoms with Crippen LogP contribution < -0.4 is 16.4 Å². The first-order valence-corrected chi connectivity index (χ1v) is 11.3. The largest absolute Gasteiger partial charge is 0.366 e. The van der Waals surface area contributed by atoms with Crippen LogP contribution in [0.1, 0.15) is 56.8 Å². The molecule has 1 aromatic rings. The lowest BCUT2D eigenvalue weighted by atomic mass is 9.93. The molecular weight excluding hydrogens is 390 g/mol. The molecule has 3 amide bonds. The van der Waals surface area contributed by atoms with Gasteiger partial charge in [0.25, 0.3) is 11.8 Å². The molecule has 0 radical (unpaired) electrons. The van der Waals surface area contributed by atoms with Crippen molar-refractivity contribution in [2.24, 2.45) is 41.2 Å². The number of nitrogens with two attached hydrogens (primary N) is 1. The lowest BCUT2D eigenvalue weighted by Gasteiger charge is -2.19. The van der Waals surface area contributed by atoms with Gasteiger partial charge in [-0.1, -0.05) is 24.3 Å². The zero-order valence-corrected chi connectivity index (χ0v) is 17.6. The van der Waals surface area contributed by atoms with Crippen molar-refractivity contribution in [3.63, 3.8) is 0 Å². The van der Waals surface area contributed by atoms with Gasteiger partial charge in [-0.3, -0.25) is 14.4 Å². The summed E-state index contributed by atoms with van der Waals surface area (Å²) in [4.78, 5) is 37.4. The van der Waals surface area contributed by atoms with Gasteiger partial charge in [0, 0.05) is 29.8 Å². The highest BCUT2D eigenvalue weighted by Crippen LogP contribution is 2.43. The molecule has 31 heavy (non-hydrogen) atoms. The van der Waals surface area contributed by atoms with Crippen LogP contribution in [0.3, 0.4) is 0 Å². The first kappa shape index (κ1) is 20.0. The molecule has 4 aliphatic carbocycles. The van der Waals surface area contributed by atoms with Gasteiger partial charge in [0.2, 0.25) is 5.91 Å². The Balaban J connectivity index is 1.24. The highest BCUT2D eigenvalue weighted by Gasteiger charge is 2.36. The molecule has 4 N–H and O–H groups in total. The predicted molar refractivity (Wildman–Crippen MR) is 117 cm³/mol. The molecular formula is C25H29N3O3. The second-order valence-electron chi connectivity index (χ2n) is 9.66. The maximum absolute atomic E-state index is 12.8. The van der Waals surface area contributed by atoms with E-state index in [9.17, 15) is 14.4 Å². The summed E-state index contributed by atoms with van der Waals surface area (Å²) in [6, 6.07) is 4.49. The molecule has 6 atom stereocenters. The van der Waals surface area contributed by atoms with Crippen LogP contribution in [0.15, 0.2) is 42.5 Å². The minimum Gasteiger partial charge on any atom is -0.366 e. The fourth-order valence-corrected chi connectivity index (χ4v) is 5.94. The van der Waals surface area contributed by atoms with Gasteiger partial charge in [-0.15, -0.1) is 0 Å². The van der Waals surface area contributed by atoms with Gasteiger partial charge < -0.3 is 16.4 Å². The lowest BCUT2D eigenvalue weighted by molar-refractivity contribution is 0.0944. The van der Waals surface area contributed by atoms with E-state index >= 15 is 0 Å². The van der Waals surface area contributed by atoms with E-state index < -0.39 is 5.91 Å². The third-order valence-electron chi connectivity index (χ3n) is 7.62.